The topological polar surface area (TPSA) is 74.5 Å². The Morgan fingerprint density at radius 2 is 2.10 bits per heavy atom. The second-order valence-corrected chi connectivity index (χ2v) is 4.85. The minimum atomic E-state index is -0.399. The van der Waals surface area contributed by atoms with E-state index in [0.717, 1.165) is 32.0 Å². The van der Waals surface area contributed by atoms with Crippen molar-refractivity contribution in [3.05, 3.63) is 34.1 Å². The Labute approximate surface area is 118 Å². The first-order chi connectivity index (χ1) is 9.58. The van der Waals surface area contributed by atoms with Crippen molar-refractivity contribution in [2.75, 3.05) is 45.2 Å². The maximum absolute atomic E-state index is 11.0. The molecule has 2 rings (SSSR count). The lowest BCUT2D eigenvalue weighted by molar-refractivity contribution is -0.385. The van der Waals surface area contributed by atoms with Gasteiger partial charge in [0.05, 0.1) is 4.92 Å². The highest BCUT2D eigenvalue weighted by Gasteiger charge is 2.17. The molecule has 0 bridgehead atoms. The van der Waals surface area contributed by atoms with Crippen molar-refractivity contribution < 1.29 is 4.92 Å². The molecule has 1 fully saturated rings. The van der Waals surface area contributed by atoms with Gasteiger partial charge in [-0.15, -0.1) is 0 Å². The molecule has 1 aliphatic rings. The first-order valence-electron chi connectivity index (χ1n) is 6.53. The van der Waals surface area contributed by atoms with E-state index >= 15 is 0 Å². The van der Waals surface area contributed by atoms with E-state index < -0.39 is 4.92 Å². The molecule has 1 aliphatic heterocycles. The van der Waals surface area contributed by atoms with Crippen molar-refractivity contribution >= 4 is 17.6 Å². The van der Waals surface area contributed by atoms with Crippen LogP contribution >= 0.6 is 0 Å². The molecular weight excluding hydrogens is 258 g/mol. The summed E-state index contributed by atoms with van der Waals surface area (Å²) in [7, 11) is 3.73. The Balaban J connectivity index is 2.31. The molecule has 0 aromatic carbocycles. The third kappa shape index (κ3) is 3.45. The maximum Gasteiger partial charge on any atom is 0.295 e. The van der Waals surface area contributed by atoms with E-state index in [1.807, 2.05) is 19.0 Å². The Bertz CT molecular complexity index is 509. The highest BCUT2D eigenvalue weighted by molar-refractivity contribution is 5.60. The van der Waals surface area contributed by atoms with E-state index in [2.05, 4.69) is 15.2 Å². The van der Waals surface area contributed by atoms with Crippen LogP contribution in [-0.2, 0) is 0 Å². The predicted molar refractivity (Wildman–Crippen MR) is 78.7 cm³/mol. The van der Waals surface area contributed by atoms with Crippen LogP contribution in [0.3, 0.4) is 0 Å². The van der Waals surface area contributed by atoms with Crippen LogP contribution in [0.1, 0.15) is 5.69 Å². The van der Waals surface area contributed by atoms with Crippen LogP contribution in [0.5, 0.6) is 0 Å². The first-order valence-corrected chi connectivity index (χ1v) is 6.53. The fourth-order valence-corrected chi connectivity index (χ4v) is 2.02. The van der Waals surface area contributed by atoms with Gasteiger partial charge in [0.25, 0.3) is 5.69 Å². The van der Waals surface area contributed by atoms with Crippen molar-refractivity contribution in [1.29, 1.82) is 0 Å². The maximum atomic E-state index is 11.0. The molecule has 108 valence electrons. The van der Waals surface area contributed by atoms with E-state index in [-0.39, 0.29) is 5.69 Å². The summed E-state index contributed by atoms with van der Waals surface area (Å²) in [6, 6.07) is 3.25. The highest BCUT2D eigenvalue weighted by Crippen LogP contribution is 2.22. The average molecular weight is 277 g/mol. The molecule has 1 saturated heterocycles. The average Bonchev–Trinajstić information content (AvgIpc) is 2.45. The van der Waals surface area contributed by atoms with Gasteiger partial charge in [-0.25, -0.2) is 4.98 Å². The lowest BCUT2D eigenvalue weighted by atomic mass is 10.2. The van der Waals surface area contributed by atoms with Gasteiger partial charge in [-0.2, -0.15) is 0 Å². The summed E-state index contributed by atoms with van der Waals surface area (Å²) >= 11 is 0. The highest BCUT2D eigenvalue weighted by atomic mass is 16.6. The number of nitrogens with one attached hydrogen (secondary N) is 1. The van der Waals surface area contributed by atoms with Crippen molar-refractivity contribution in [1.82, 2.24) is 15.2 Å². The molecule has 0 unspecified atom stereocenters. The van der Waals surface area contributed by atoms with E-state index in [1.54, 1.807) is 18.3 Å². The van der Waals surface area contributed by atoms with Crippen LogP contribution < -0.4 is 10.2 Å². The van der Waals surface area contributed by atoms with Gasteiger partial charge in [0, 0.05) is 52.5 Å². The van der Waals surface area contributed by atoms with E-state index in [4.69, 9.17) is 0 Å². The number of rotatable bonds is 4. The summed E-state index contributed by atoms with van der Waals surface area (Å²) in [5.74, 6) is 0.788. The van der Waals surface area contributed by atoms with Gasteiger partial charge in [0.1, 0.15) is 11.5 Å². The quantitative estimate of drug-likeness (QED) is 0.652. The van der Waals surface area contributed by atoms with Crippen LogP contribution in [-0.4, -0.2) is 55.1 Å². The second-order valence-electron chi connectivity index (χ2n) is 4.85. The van der Waals surface area contributed by atoms with E-state index in [9.17, 15) is 10.1 Å². The third-order valence-electron chi connectivity index (χ3n) is 3.06. The Morgan fingerprint density at radius 3 is 2.70 bits per heavy atom. The molecule has 2 heterocycles. The number of piperazine rings is 1. The summed E-state index contributed by atoms with van der Waals surface area (Å²) < 4.78 is 0. The lowest BCUT2D eigenvalue weighted by Gasteiger charge is -2.28. The summed E-state index contributed by atoms with van der Waals surface area (Å²) in [6.45, 7) is 3.53. The molecule has 1 N–H and O–H groups in total. The van der Waals surface area contributed by atoms with Crippen LogP contribution in [0.25, 0.3) is 6.08 Å². The number of anilines is 1. The molecule has 1 aromatic heterocycles. The van der Waals surface area contributed by atoms with Gasteiger partial charge in [-0.05, 0) is 12.1 Å². The van der Waals surface area contributed by atoms with Crippen LogP contribution in [0.15, 0.2) is 18.3 Å². The molecule has 7 nitrogen and oxygen atoms in total. The number of nitrogens with zero attached hydrogens (tertiary/aromatic N) is 4. The number of pyridine rings is 1. The fraction of sp³-hybridized carbons (Fsp3) is 0.462. The lowest BCUT2D eigenvalue weighted by Crippen LogP contribution is -2.43. The SMILES string of the molecule is CN(C)/C=C/c1nc(N2CCNCC2)ccc1[N+](=O)[O-]. The Morgan fingerprint density at radius 1 is 1.40 bits per heavy atom. The Hall–Kier alpha value is -2.15. The van der Waals surface area contributed by atoms with Crippen molar-refractivity contribution in [3.8, 4) is 0 Å². The molecule has 20 heavy (non-hydrogen) atoms. The van der Waals surface area contributed by atoms with E-state index in [0.29, 0.717) is 5.69 Å². The summed E-state index contributed by atoms with van der Waals surface area (Å²) in [5, 5.41) is 14.3. The van der Waals surface area contributed by atoms with Crippen molar-refractivity contribution in [3.63, 3.8) is 0 Å². The van der Waals surface area contributed by atoms with E-state index in [1.165, 1.54) is 6.07 Å². The molecule has 0 saturated carbocycles. The summed E-state index contributed by atoms with van der Waals surface area (Å²) in [5.41, 5.74) is 0.418. The minimum Gasteiger partial charge on any atom is -0.383 e. The zero-order chi connectivity index (χ0) is 14.5. The van der Waals surface area contributed by atoms with Gasteiger partial charge < -0.3 is 15.1 Å². The smallest absolute Gasteiger partial charge is 0.295 e. The fourth-order valence-electron chi connectivity index (χ4n) is 2.02. The van der Waals surface area contributed by atoms with Crippen LogP contribution in [0, 0.1) is 10.1 Å². The number of hydrogen-bond acceptors (Lipinski definition) is 6. The summed E-state index contributed by atoms with van der Waals surface area (Å²) in [6.07, 6.45) is 3.43. The third-order valence-corrected chi connectivity index (χ3v) is 3.06. The zero-order valence-electron chi connectivity index (χ0n) is 11.7. The number of aromatic nitrogens is 1. The number of nitro groups is 1. The molecular formula is C13H19N5O2. The van der Waals surface area contributed by atoms with Gasteiger partial charge in [-0.1, -0.05) is 0 Å². The molecule has 1 aromatic rings. The standard InChI is InChI=1S/C13H19N5O2/c1-16(2)8-5-11-12(18(19)20)3-4-13(15-11)17-9-6-14-7-10-17/h3-5,8,14H,6-7,9-10H2,1-2H3/b8-5+. The normalized spacial score (nSPS) is 15.6. The molecule has 7 heteroatoms. The van der Waals surface area contributed by atoms with Crippen LogP contribution in [0.2, 0.25) is 0 Å². The molecule has 0 atom stereocenters. The zero-order valence-corrected chi connectivity index (χ0v) is 11.7. The van der Waals surface area contributed by atoms with Crippen molar-refractivity contribution in [2.24, 2.45) is 0 Å². The first kappa shape index (κ1) is 14.3. The number of hydrogen-bond donors (Lipinski definition) is 1. The van der Waals surface area contributed by atoms with Gasteiger partial charge in [0.2, 0.25) is 0 Å². The predicted octanol–water partition coefficient (Wildman–Crippen LogP) is 0.932. The molecule has 0 spiro atoms. The largest absolute Gasteiger partial charge is 0.383 e. The van der Waals surface area contributed by atoms with Gasteiger partial charge in [-0.3, -0.25) is 10.1 Å². The van der Waals surface area contributed by atoms with Gasteiger partial charge in [0.15, 0.2) is 0 Å². The Kier molecular flexibility index (Phi) is 4.52. The monoisotopic (exact) mass is 277 g/mol. The van der Waals surface area contributed by atoms with Gasteiger partial charge >= 0.3 is 0 Å². The molecule has 0 amide bonds. The van der Waals surface area contributed by atoms with Crippen molar-refractivity contribution in [2.45, 2.75) is 0 Å². The molecule has 0 radical (unpaired) electrons. The molecule has 0 aliphatic carbocycles. The second kappa shape index (κ2) is 6.33. The minimum absolute atomic E-state index is 0.0296. The van der Waals surface area contributed by atoms with Crippen LogP contribution in [0.4, 0.5) is 11.5 Å². The summed E-state index contributed by atoms with van der Waals surface area (Å²) in [4.78, 5) is 19.0.